The molecule has 0 bridgehead atoms. The molecule has 0 atom stereocenters. The van der Waals surface area contributed by atoms with Gasteiger partial charge in [-0.05, 0) is 107 Å². The molecular formula is C45H26N4O. The molecule has 11 rings (SSSR count). The van der Waals surface area contributed by atoms with Crippen LogP contribution in [0.5, 0.6) is 0 Å². The number of benzene rings is 5. The summed E-state index contributed by atoms with van der Waals surface area (Å²) in [6.07, 6.45) is 7.28. The minimum absolute atomic E-state index is 0.861. The SMILES string of the molecule is c1cncc(-c2cc(-c3ccc4oc5ccc(-c6cc7c8ccccc8n8c9ccccc9c(c6)c78)cc5c4c3)cc(-c3cccnc3)n2)c1. The second kappa shape index (κ2) is 10.3. The van der Waals surface area contributed by atoms with Crippen molar-refractivity contribution >= 4 is 60.0 Å². The predicted molar refractivity (Wildman–Crippen MR) is 204 cm³/mol. The molecule has 0 unspecified atom stereocenters. The van der Waals surface area contributed by atoms with Crippen LogP contribution in [0.4, 0.5) is 0 Å². The Labute approximate surface area is 286 Å². The van der Waals surface area contributed by atoms with Crippen molar-refractivity contribution in [3.05, 3.63) is 158 Å². The summed E-state index contributed by atoms with van der Waals surface area (Å²) in [5.41, 5.74) is 13.6. The molecule has 0 aliphatic carbocycles. The summed E-state index contributed by atoms with van der Waals surface area (Å²) in [5, 5.41) is 7.26. The van der Waals surface area contributed by atoms with Crippen molar-refractivity contribution in [3.8, 4) is 44.8 Å². The molecule has 50 heavy (non-hydrogen) atoms. The first-order valence-corrected chi connectivity index (χ1v) is 16.7. The first-order valence-electron chi connectivity index (χ1n) is 16.7. The van der Waals surface area contributed by atoms with E-state index in [0.717, 1.165) is 61.1 Å². The first-order chi connectivity index (χ1) is 24.8. The lowest BCUT2D eigenvalue weighted by molar-refractivity contribution is 0.669. The smallest absolute Gasteiger partial charge is 0.135 e. The minimum Gasteiger partial charge on any atom is -0.456 e. The maximum absolute atomic E-state index is 6.40. The highest BCUT2D eigenvalue weighted by atomic mass is 16.3. The molecule has 0 aliphatic rings. The number of rotatable bonds is 4. The van der Waals surface area contributed by atoms with E-state index in [1.807, 2.05) is 36.7 Å². The van der Waals surface area contributed by atoms with Gasteiger partial charge >= 0.3 is 0 Å². The Morgan fingerprint density at radius 1 is 0.400 bits per heavy atom. The van der Waals surface area contributed by atoms with Gasteiger partial charge in [0, 0.05) is 68.2 Å². The number of nitrogens with zero attached hydrogens (tertiary/aromatic N) is 4. The maximum atomic E-state index is 6.40. The predicted octanol–water partition coefficient (Wildman–Crippen LogP) is 11.6. The van der Waals surface area contributed by atoms with Gasteiger partial charge in [0.15, 0.2) is 0 Å². The van der Waals surface area contributed by atoms with Crippen molar-refractivity contribution < 1.29 is 4.42 Å². The van der Waals surface area contributed by atoms with Crippen molar-refractivity contribution in [1.29, 1.82) is 0 Å². The summed E-state index contributed by atoms with van der Waals surface area (Å²) < 4.78 is 8.83. The standard InChI is InChI=1S/C45H26N4O/c1-3-11-41-33(9-1)37-21-31(22-38-34-10-2-4-12-42(34)49(41)45(37)38)27-13-15-43-35(19-27)36-20-28(14-16-44(36)50-43)32-23-39(29-7-5-17-46-25-29)48-40(24-32)30-8-6-18-47-26-30/h1-26H. The zero-order valence-corrected chi connectivity index (χ0v) is 26.7. The van der Waals surface area contributed by atoms with Crippen LogP contribution in [0.2, 0.25) is 0 Å². The fourth-order valence-electron chi connectivity index (χ4n) is 7.77. The van der Waals surface area contributed by atoms with Crippen LogP contribution in [0.1, 0.15) is 0 Å². The van der Waals surface area contributed by atoms with E-state index in [1.165, 1.54) is 43.7 Å². The lowest BCUT2D eigenvalue weighted by Gasteiger charge is -2.10. The Balaban J connectivity index is 1.10. The fraction of sp³-hybridized carbons (Fsp3) is 0. The van der Waals surface area contributed by atoms with Crippen LogP contribution in [0, 0.1) is 0 Å². The van der Waals surface area contributed by atoms with Crippen LogP contribution >= 0.6 is 0 Å². The molecular weight excluding hydrogens is 613 g/mol. The molecule has 11 aromatic rings. The van der Waals surface area contributed by atoms with Gasteiger partial charge in [0.1, 0.15) is 11.2 Å². The maximum Gasteiger partial charge on any atom is 0.135 e. The molecule has 5 heteroatoms. The number of para-hydroxylation sites is 2. The quantitative estimate of drug-likeness (QED) is 0.192. The summed E-state index contributed by atoms with van der Waals surface area (Å²) in [6.45, 7) is 0. The highest BCUT2D eigenvalue weighted by Crippen LogP contribution is 2.43. The van der Waals surface area contributed by atoms with E-state index in [4.69, 9.17) is 9.40 Å². The molecule has 6 aromatic heterocycles. The molecule has 0 saturated carbocycles. The lowest BCUT2D eigenvalue weighted by Crippen LogP contribution is -1.92. The van der Waals surface area contributed by atoms with E-state index < -0.39 is 0 Å². The lowest BCUT2D eigenvalue weighted by atomic mass is 9.97. The Hall–Kier alpha value is -6.85. The Kier molecular flexibility index (Phi) is 5.60. The van der Waals surface area contributed by atoms with E-state index in [9.17, 15) is 0 Å². The molecule has 0 N–H and O–H groups in total. The van der Waals surface area contributed by atoms with E-state index >= 15 is 0 Å². The van der Waals surface area contributed by atoms with E-state index in [0.29, 0.717) is 0 Å². The van der Waals surface area contributed by atoms with Crippen LogP contribution in [0.25, 0.3) is 105 Å². The van der Waals surface area contributed by atoms with Crippen molar-refractivity contribution in [2.75, 3.05) is 0 Å². The molecule has 0 aliphatic heterocycles. The summed E-state index contributed by atoms with van der Waals surface area (Å²) in [4.78, 5) is 13.7. The third-order valence-electron chi connectivity index (χ3n) is 10.1. The van der Waals surface area contributed by atoms with Gasteiger partial charge in [0.25, 0.3) is 0 Å². The molecule has 6 heterocycles. The highest BCUT2D eigenvalue weighted by molar-refractivity contribution is 6.24. The average Bonchev–Trinajstić information content (AvgIpc) is 3.84. The van der Waals surface area contributed by atoms with E-state index in [2.05, 4.69) is 124 Å². The topological polar surface area (TPSA) is 56.2 Å². The normalized spacial score (nSPS) is 12.0. The number of fused-ring (bicyclic) bond motifs is 9. The van der Waals surface area contributed by atoms with E-state index in [-0.39, 0.29) is 0 Å². The molecule has 0 fully saturated rings. The van der Waals surface area contributed by atoms with Crippen molar-refractivity contribution in [1.82, 2.24) is 19.4 Å². The second-order valence-corrected chi connectivity index (χ2v) is 12.9. The van der Waals surface area contributed by atoms with Crippen molar-refractivity contribution in [3.63, 3.8) is 0 Å². The zero-order valence-electron chi connectivity index (χ0n) is 26.7. The van der Waals surface area contributed by atoms with Gasteiger partial charge in [0.05, 0.1) is 27.9 Å². The third-order valence-corrected chi connectivity index (χ3v) is 10.1. The Bertz CT molecular complexity index is 2950. The van der Waals surface area contributed by atoms with Gasteiger partial charge in [-0.1, -0.05) is 48.5 Å². The van der Waals surface area contributed by atoms with Crippen LogP contribution in [0.3, 0.4) is 0 Å². The van der Waals surface area contributed by atoms with Crippen LogP contribution in [-0.4, -0.2) is 19.4 Å². The van der Waals surface area contributed by atoms with Crippen LogP contribution in [0.15, 0.2) is 163 Å². The van der Waals surface area contributed by atoms with Gasteiger partial charge in [-0.15, -0.1) is 0 Å². The number of furan rings is 1. The van der Waals surface area contributed by atoms with Crippen LogP contribution < -0.4 is 0 Å². The average molecular weight is 639 g/mol. The third kappa shape index (κ3) is 3.98. The summed E-state index contributed by atoms with van der Waals surface area (Å²) >= 11 is 0. The monoisotopic (exact) mass is 638 g/mol. The summed E-state index contributed by atoms with van der Waals surface area (Å²) in [7, 11) is 0. The second-order valence-electron chi connectivity index (χ2n) is 12.9. The number of aromatic nitrogens is 4. The molecule has 0 spiro atoms. The molecule has 0 saturated heterocycles. The summed E-state index contributed by atoms with van der Waals surface area (Å²) in [6, 6.07) is 47.4. The zero-order chi connectivity index (χ0) is 32.8. The molecule has 5 aromatic carbocycles. The van der Waals surface area contributed by atoms with Gasteiger partial charge < -0.3 is 8.82 Å². The number of hydrogen-bond donors (Lipinski definition) is 0. The van der Waals surface area contributed by atoms with Gasteiger partial charge in [-0.25, -0.2) is 4.98 Å². The Morgan fingerprint density at radius 2 is 0.900 bits per heavy atom. The molecule has 5 nitrogen and oxygen atoms in total. The fourth-order valence-corrected chi connectivity index (χ4v) is 7.77. The highest BCUT2D eigenvalue weighted by Gasteiger charge is 2.19. The first kappa shape index (κ1) is 27.1. The number of pyridine rings is 3. The van der Waals surface area contributed by atoms with Gasteiger partial charge in [-0.3, -0.25) is 9.97 Å². The van der Waals surface area contributed by atoms with Crippen molar-refractivity contribution in [2.45, 2.75) is 0 Å². The molecule has 0 amide bonds. The minimum atomic E-state index is 0.861. The molecule has 0 radical (unpaired) electrons. The van der Waals surface area contributed by atoms with E-state index in [1.54, 1.807) is 12.4 Å². The molecule has 232 valence electrons. The van der Waals surface area contributed by atoms with Gasteiger partial charge in [0.2, 0.25) is 0 Å². The van der Waals surface area contributed by atoms with Crippen molar-refractivity contribution in [2.24, 2.45) is 0 Å². The Morgan fingerprint density at radius 3 is 1.42 bits per heavy atom. The largest absolute Gasteiger partial charge is 0.456 e. The summed E-state index contributed by atoms with van der Waals surface area (Å²) in [5.74, 6) is 0. The van der Waals surface area contributed by atoms with Gasteiger partial charge in [-0.2, -0.15) is 0 Å². The van der Waals surface area contributed by atoms with Crippen LogP contribution in [-0.2, 0) is 0 Å². The number of hydrogen-bond acceptors (Lipinski definition) is 4.